The number of amides is 3. The molecule has 3 aromatic rings. The Labute approximate surface area is 196 Å². The highest BCUT2D eigenvalue weighted by Gasteiger charge is 2.23. The average molecular weight is 466 g/mol. The summed E-state index contributed by atoms with van der Waals surface area (Å²) in [7, 11) is 0. The van der Waals surface area contributed by atoms with E-state index in [0.717, 1.165) is 17.5 Å². The number of ether oxygens (including phenoxy) is 1. The first-order valence-corrected chi connectivity index (χ1v) is 11.2. The third-order valence-corrected chi connectivity index (χ3v) is 5.63. The molecule has 4 rings (SSSR count). The molecule has 2 heterocycles. The fourth-order valence-corrected chi connectivity index (χ4v) is 3.93. The van der Waals surface area contributed by atoms with Gasteiger partial charge >= 0.3 is 6.09 Å². The zero-order valence-corrected chi connectivity index (χ0v) is 18.7. The highest BCUT2D eigenvalue weighted by Crippen LogP contribution is 2.27. The van der Waals surface area contributed by atoms with Crippen LogP contribution >= 0.6 is 0 Å². The number of aryl methyl sites for hydroxylation is 2. The lowest BCUT2D eigenvalue weighted by molar-refractivity contribution is -0.118. The van der Waals surface area contributed by atoms with Crippen LogP contribution in [0.3, 0.4) is 0 Å². The number of anilines is 2. The minimum Gasteiger partial charge on any atom is -0.449 e. The normalized spacial score (nSPS) is 13.7. The molecule has 3 amide bonds. The number of primary amides is 1. The Morgan fingerprint density at radius 3 is 2.82 bits per heavy atom. The van der Waals surface area contributed by atoms with Gasteiger partial charge in [0.1, 0.15) is 0 Å². The first-order chi connectivity index (χ1) is 16.5. The number of carbonyl (C=O) groups is 3. The van der Waals surface area contributed by atoms with Crippen molar-refractivity contribution in [1.29, 1.82) is 0 Å². The molecule has 1 aromatic heterocycles. The van der Waals surface area contributed by atoms with Crippen molar-refractivity contribution in [3.8, 4) is 0 Å². The lowest BCUT2D eigenvalue weighted by Crippen LogP contribution is -2.37. The number of hydrogen-bond donors (Lipinski definition) is 3. The van der Waals surface area contributed by atoms with Crippen LogP contribution in [0.1, 0.15) is 35.2 Å². The SMILES string of the molecule is NC(=O)CCc1cccc(C(=O)Nc2nc3cc(N4CCCOC4=O)ccc3n2CCCO)c1. The molecule has 1 aliphatic heterocycles. The standard InChI is InChI=1S/C24H27N5O5/c25-21(31)9-6-16-4-1-5-17(14-16)22(32)27-23-26-19-15-18(28-11-3-13-34-24(28)33)7-8-20(19)29(23)10-2-12-30/h1,4-5,7-8,14-15,30H,2-3,6,9-13H2,(H2,25,31)(H,26,27,32). The Morgan fingerprint density at radius 1 is 1.21 bits per heavy atom. The highest BCUT2D eigenvalue weighted by molar-refractivity contribution is 6.04. The molecule has 178 valence electrons. The molecule has 1 fully saturated rings. The molecule has 0 radical (unpaired) electrons. The van der Waals surface area contributed by atoms with E-state index in [-0.39, 0.29) is 18.9 Å². The first kappa shape index (κ1) is 23.2. The number of benzene rings is 2. The number of aliphatic hydroxyl groups is 1. The van der Waals surface area contributed by atoms with Crippen LogP contribution in [0.25, 0.3) is 11.0 Å². The number of cyclic esters (lactones) is 1. The molecule has 1 aliphatic rings. The molecular formula is C24H27N5O5. The molecule has 2 aromatic carbocycles. The largest absolute Gasteiger partial charge is 0.449 e. The van der Waals surface area contributed by atoms with Crippen LogP contribution < -0.4 is 16.0 Å². The molecular weight excluding hydrogens is 438 g/mol. The van der Waals surface area contributed by atoms with Crippen LogP contribution in [0.2, 0.25) is 0 Å². The van der Waals surface area contributed by atoms with Crippen LogP contribution in [-0.4, -0.2) is 52.3 Å². The van der Waals surface area contributed by atoms with Gasteiger partial charge in [0.25, 0.3) is 5.91 Å². The molecule has 10 heteroatoms. The summed E-state index contributed by atoms with van der Waals surface area (Å²) in [5, 5.41) is 12.2. The van der Waals surface area contributed by atoms with E-state index >= 15 is 0 Å². The van der Waals surface area contributed by atoms with E-state index in [1.165, 1.54) is 0 Å². The van der Waals surface area contributed by atoms with Crippen LogP contribution in [0.4, 0.5) is 16.4 Å². The summed E-state index contributed by atoms with van der Waals surface area (Å²) in [5.74, 6) is -0.402. The minimum atomic E-state index is -0.398. The summed E-state index contributed by atoms with van der Waals surface area (Å²) in [5.41, 5.74) is 8.54. The fourth-order valence-electron chi connectivity index (χ4n) is 3.93. The second-order valence-electron chi connectivity index (χ2n) is 8.08. The quantitative estimate of drug-likeness (QED) is 0.443. The second-order valence-corrected chi connectivity index (χ2v) is 8.08. The molecule has 0 bridgehead atoms. The summed E-state index contributed by atoms with van der Waals surface area (Å²) >= 11 is 0. The van der Waals surface area contributed by atoms with E-state index in [0.29, 0.717) is 55.3 Å². The third kappa shape index (κ3) is 5.18. The van der Waals surface area contributed by atoms with Gasteiger partial charge < -0.3 is 20.1 Å². The Hall–Kier alpha value is -3.92. The topological polar surface area (TPSA) is 140 Å². The van der Waals surface area contributed by atoms with Crippen molar-refractivity contribution in [2.75, 3.05) is 30.0 Å². The van der Waals surface area contributed by atoms with E-state index in [4.69, 9.17) is 10.5 Å². The number of imidazole rings is 1. The lowest BCUT2D eigenvalue weighted by atomic mass is 10.1. The maximum atomic E-state index is 13.0. The predicted octanol–water partition coefficient (Wildman–Crippen LogP) is 2.44. The zero-order chi connectivity index (χ0) is 24.1. The van der Waals surface area contributed by atoms with Crippen LogP contribution in [0, 0.1) is 0 Å². The van der Waals surface area contributed by atoms with E-state index in [1.54, 1.807) is 29.2 Å². The van der Waals surface area contributed by atoms with E-state index < -0.39 is 12.0 Å². The molecule has 10 nitrogen and oxygen atoms in total. The van der Waals surface area contributed by atoms with E-state index in [1.807, 2.05) is 22.8 Å². The molecule has 0 aliphatic carbocycles. The summed E-state index contributed by atoms with van der Waals surface area (Å²) in [4.78, 5) is 42.3. The Morgan fingerprint density at radius 2 is 2.06 bits per heavy atom. The van der Waals surface area contributed by atoms with E-state index in [2.05, 4.69) is 10.3 Å². The van der Waals surface area contributed by atoms with Crippen molar-refractivity contribution >= 4 is 40.6 Å². The molecule has 4 N–H and O–H groups in total. The van der Waals surface area contributed by atoms with Gasteiger partial charge in [-0.2, -0.15) is 0 Å². The van der Waals surface area contributed by atoms with Crippen LogP contribution in [0.15, 0.2) is 42.5 Å². The maximum Gasteiger partial charge on any atom is 0.414 e. The summed E-state index contributed by atoms with van der Waals surface area (Å²) in [6.07, 6.45) is 1.49. The predicted molar refractivity (Wildman–Crippen MR) is 127 cm³/mol. The lowest BCUT2D eigenvalue weighted by Gasteiger charge is -2.26. The number of rotatable bonds is 9. The van der Waals surface area contributed by atoms with Crippen molar-refractivity contribution < 1.29 is 24.2 Å². The molecule has 0 saturated carbocycles. The molecule has 34 heavy (non-hydrogen) atoms. The zero-order valence-electron chi connectivity index (χ0n) is 18.7. The monoisotopic (exact) mass is 465 g/mol. The summed E-state index contributed by atoms with van der Waals surface area (Å²) in [6, 6.07) is 12.4. The Bertz CT molecular complexity index is 1220. The number of nitrogens with two attached hydrogens (primary N) is 1. The number of carbonyl (C=O) groups excluding carboxylic acids is 3. The van der Waals surface area contributed by atoms with Crippen molar-refractivity contribution in [2.24, 2.45) is 5.73 Å². The van der Waals surface area contributed by atoms with Crippen molar-refractivity contribution in [2.45, 2.75) is 32.2 Å². The van der Waals surface area contributed by atoms with Gasteiger partial charge in [-0.1, -0.05) is 12.1 Å². The molecule has 0 unspecified atom stereocenters. The van der Waals surface area contributed by atoms with Gasteiger partial charge in [0.15, 0.2) is 0 Å². The van der Waals surface area contributed by atoms with Crippen LogP contribution in [0.5, 0.6) is 0 Å². The van der Waals surface area contributed by atoms with Gasteiger partial charge in [0.2, 0.25) is 11.9 Å². The third-order valence-electron chi connectivity index (χ3n) is 5.63. The van der Waals surface area contributed by atoms with Gasteiger partial charge in [-0.05, 0) is 55.2 Å². The van der Waals surface area contributed by atoms with Crippen molar-refractivity contribution in [3.05, 3.63) is 53.6 Å². The van der Waals surface area contributed by atoms with Crippen LogP contribution in [-0.2, 0) is 22.5 Å². The smallest absolute Gasteiger partial charge is 0.414 e. The summed E-state index contributed by atoms with van der Waals surface area (Å²) < 4.78 is 6.96. The van der Waals surface area contributed by atoms with E-state index in [9.17, 15) is 19.5 Å². The fraction of sp³-hybridized carbons (Fsp3) is 0.333. The minimum absolute atomic E-state index is 0.00727. The van der Waals surface area contributed by atoms with Gasteiger partial charge in [-0.3, -0.25) is 19.8 Å². The molecule has 0 spiro atoms. The average Bonchev–Trinajstić information content (AvgIpc) is 3.17. The molecule has 1 saturated heterocycles. The van der Waals surface area contributed by atoms with Gasteiger partial charge in [0.05, 0.1) is 17.6 Å². The van der Waals surface area contributed by atoms with Crippen molar-refractivity contribution in [1.82, 2.24) is 9.55 Å². The maximum absolute atomic E-state index is 13.0. The van der Waals surface area contributed by atoms with Gasteiger partial charge in [-0.15, -0.1) is 0 Å². The van der Waals surface area contributed by atoms with Crippen molar-refractivity contribution in [3.63, 3.8) is 0 Å². The van der Waals surface area contributed by atoms with Gasteiger partial charge in [0, 0.05) is 37.4 Å². The second kappa shape index (κ2) is 10.3. The number of hydrogen-bond acceptors (Lipinski definition) is 6. The number of nitrogens with one attached hydrogen (secondary N) is 1. The Kier molecular flexibility index (Phi) is 7.07. The number of nitrogens with zero attached hydrogens (tertiary/aromatic N) is 3. The Balaban J connectivity index is 1.61. The number of aromatic nitrogens is 2. The number of aliphatic hydroxyl groups excluding tert-OH is 1. The summed E-state index contributed by atoms with van der Waals surface area (Å²) in [6.45, 7) is 1.41. The first-order valence-electron chi connectivity index (χ1n) is 11.2. The number of fused-ring (bicyclic) bond motifs is 1. The molecule has 0 atom stereocenters. The van der Waals surface area contributed by atoms with Gasteiger partial charge in [-0.25, -0.2) is 9.78 Å². The highest BCUT2D eigenvalue weighted by atomic mass is 16.6.